The third-order valence-electron chi connectivity index (χ3n) is 2.82. The molecular formula is C12H11N5O6. The Morgan fingerprint density at radius 2 is 1.96 bits per heavy atom. The van der Waals surface area contributed by atoms with E-state index in [4.69, 9.17) is 4.74 Å². The molecule has 11 nitrogen and oxygen atoms in total. The minimum atomic E-state index is -0.861. The third-order valence-corrected chi connectivity index (χ3v) is 2.82. The molecule has 2 aromatic rings. The Hall–Kier alpha value is -3.50. The molecule has 1 aromatic heterocycles. The predicted octanol–water partition coefficient (Wildman–Crippen LogP) is 1.50. The van der Waals surface area contributed by atoms with Crippen LogP contribution in [0.3, 0.4) is 0 Å². The number of ether oxygens (including phenoxy) is 1. The van der Waals surface area contributed by atoms with Crippen molar-refractivity contribution >= 4 is 23.0 Å². The fraction of sp³-hybridized carbons (Fsp3) is 0.167. The predicted molar refractivity (Wildman–Crippen MR) is 77.5 cm³/mol. The molecule has 23 heavy (non-hydrogen) atoms. The molecule has 0 spiro atoms. The van der Waals surface area contributed by atoms with E-state index in [9.17, 15) is 25.0 Å². The molecule has 0 bridgehead atoms. The number of amides is 1. The van der Waals surface area contributed by atoms with Crippen molar-refractivity contribution in [3.05, 3.63) is 50.3 Å². The zero-order chi connectivity index (χ0) is 17.1. The van der Waals surface area contributed by atoms with Crippen LogP contribution in [-0.2, 0) is 7.05 Å². The van der Waals surface area contributed by atoms with Gasteiger partial charge in [0.25, 0.3) is 11.6 Å². The van der Waals surface area contributed by atoms with Crippen molar-refractivity contribution < 1.29 is 19.4 Å². The van der Waals surface area contributed by atoms with E-state index in [2.05, 4.69) is 10.4 Å². The summed E-state index contributed by atoms with van der Waals surface area (Å²) in [5.41, 5.74) is -1.11. The molecule has 120 valence electrons. The van der Waals surface area contributed by atoms with Crippen LogP contribution in [0.1, 0.15) is 10.5 Å². The lowest BCUT2D eigenvalue weighted by Gasteiger charge is -2.06. The van der Waals surface area contributed by atoms with Crippen molar-refractivity contribution in [3.8, 4) is 5.75 Å². The number of hydrogen-bond acceptors (Lipinski definition) is 7. The lowest BCUT2D eigenvalue weighted by atomic mass is 10.2. The lowest BCUT2D eigenvalue weighted by Crippen LogP contribution is -2.14. The normalized spacial score (nSPS) is 10.2. The Balaban J connectivity index is 2.35. The number of anilines is 1. The number of methoxy groups -OCH3 is 1. The topological polar surface area (TPSA) is 142 Å². The average molecular weight is 321 g/mol. The van der Waals surface area contributed by atoms with Crippen molar-refractivity contribution in [1.82, 2.24) is 9.78 Å². The number of rotatable bonds is 5. The standard InChI is InChI=1S/C12H11N5O6/c1-15-6-10(17(21)22)11(14-15)12(18)13-7-3-8(16(19)20)5-9(4-7)23-2/h3-6H,1-2H3,(H,13,18). The van der Waals surface area contributed by atoms with E-state index in [-0.39, 0.29) is 17.1 Å². The van der Waals surface area contributed by atoms with Crippen LogP contribution in [0.15, 0.2) is 24.4 Å². The van der Waals surface area contributed by atoms with E-state index < -0.39 is 27.1 Å². The molecular weight excluding hydrogens is 310 g/mol. The molecule has 1 amide bonds. The van der Waals surface area contributed by atoms with Gasteiger partial charge in [0, 0.05) is 19.2 Å². The van der Waals surface area contributed by atoms with Gasteiger partial charge in [0.15, 0.2) is 0 Å². The maximum absolute atomic E-state index is 12.1. The second kappa shape index (κ2) is 6.09. The van der Waals surface area contributed by atoms with Gasteiger partial charge in [-0.3, -0.25) is 29.7 Å². The van der Waals surface area contributed by atoms with Gasteiger partial charge < -0.3 is 10.1 Å². The van der Waals surface area contributed by atoms with Crippen molar-refractivity contribution in [2.75, 3.05) is 12.4 Å². The van der Waals surface area contributed by atoms with Gasteiger partial charge in [-0.05, 0) is 0 Å². The van der Waals surface area contributed by atoms with E-state index >= 15 is 0 Å². The number of nitro groups is 2. The Bertz CT molecular complexity index is 799. The van der Waals surface area contributed by atoms with Gasteiger partial charge in [-0.1, -0.05) is 0 Å². The molecule has 0 atom stereocenters. The summed E-state index contributed by atoms with van der Waals surface area (Å²) >= 11 is 0. The average Bonchev–Trinajstić information content (AvgIpc) is 2.89. The van der Waals surface area contributed by atoms with Crippen molar-refractivity contribution in [3.63, 3.8) is 0 Å². The number of benzene rings is 1. The summed E-state index contributed by atoms with van der Waals surface area (Å²) in [6, 6.07) is 3.63. The molecule has 2 rings (SSSR count). The fourth-order valence-electron chi connectivity index (χ4n) is 1.84. The molecule has 0 aliphatic heterocycles. The van der Waals surface area contributed by atoms with E-state index in [1.165, 1.54) is 26.3 Å². The number of nitro benzene ring substituents is 1. The highest BCUT2D eigenvalue weighted by molar-refractivity contribution is 6.05. The van der Waals surface area contributed by atoms with Crippen molar-refractivity contribution in [2.45, 2.75) is 0 Å². The molecule has 1 N–H and O–H groups in total. The molecule has 0 saturated heterocycles. The minimum Gasteiger partial charge on any atom is -0.496 e. The van der Waals surface area contributed by atoms with Gasteiger partial charge in [0.1, 0.15) is 11.9 Å². The summed E-state index contributed by atoms with van der Waals surface area (Å²) in [7, 11) is 2.74. The highest BCUT2D eigenvalue weighted by Crippen LogP contribution is 2.26. The summed E-state index contributed by atoms with van der Waals surface area (Å²) in [5.74, 6) is -0.704. The first kappa shape index (κ1) is 15.9. The summed E-state index contributed by atoms with van der Waals surface area (Å²) in [4.78, 5) is 32.5. The van der Waals surface area contributed by atoms with Gasteiger partial charge >= 0.3 is 5.69 Å². The molecule has 0 fully saturated rings. The molecule has 11 heteroatoms. The van der Waals surface area contributed by atoms with Crippen molar-refractivity contribution in [2.24, 2.45) is 7.05 Å². The van der Waals surface area contributed by atoms with Crippen LogP contribution in [0.25, 0.3) is 0 Å². The van der Waals surface area contributed by atoms with E-state index in [0.717, 1.165) is 16.9 Å². The maximum atomic E-state index is 12.1. The molecule has 0 radical (unpaired) electrons. The maximum Gasteiger partial charge on any atom is 0.320 e. The largest absolute Gasteiger partial charge is 0.496 e. The highest BCUT2D eigenvalue weighted by atomic mass is 16.6. The number of hydrogen-bond donors (Lipinski definition) is 1. The molecule has 1 aromatic carbocycles. The number of nitrogens with zero attached hydrogens (tertiary/aromatic N) is 4. The monoisotopic (exact) mass is 321 g/mol. The smallest absolute Gasteiger partial charge is 0.320 e. The Morgan fingerprint density at radius 3 is 2.52 bits per heavy atom. The number of carbonyl (C=O) groups excluding carboxylic acids is 1. The molecule has 0 unspecified atom stereocenters. The van der Waals surface area contributed by atoms with Crippen LogP contribution in [0, 0.1) is 20.2 Å². The van der Waals surface area contributed by atoms with Crippen LogP contribution in [0.2, 0.25) is 0 Å². The molecule has 0 saturated carbocycles. The Kier molecular flexibility index (Phi) is 4.21. The van der Waals surface area contributed by atoms with E-state index in [1.54, 1.807) is 0 Å². The van der Waals surface area contributed by atoms with Gasteiger partial charge in [-0.15, -0.1) is 0 Å². The number of non-ortho nitro benzene ring substituents is 1. The fourth-order valence-corrected chi connectivity index (χ4v) is 1.84. The summed E-state index contributed by atoms with van der Waals surface area (Å²) in [6.45, 7) is 0. The van der Waals surface area contributed by atoms with Crippen LogP contribution >= 0.6 is 0 Å². The SMILES string of the molecule is COc1cc(NC(=O)c2nn(C)cc2[N+](=O)[O-])cc([N+](=O)[O-])c1. The molecule has 0 aliphatic carbocycles. The number of carbonyl (C=O) groups is 1. The first-order valence-electron chi connectivity index (χ1n) is 6.14. The second-order valence-electron chi connectivity index (χ2n) is 4.42. The van der Waals surface area contributed by atoms with Gasteiger partial charge in [-0.2, -0.15) is 5.10 Å². The van der Waals surface area contributed by atoms with Gasteiger partial charge in [-0.25, -0.2) is 0 Å². The van der Waals surface area contributed by atoms with Crippen LogP contribution in [-0.4, -0.2) is 32.6 Å². The highest BCUT2D eigenvalue weighted by Gasteiger charge is 2.25. The van der Waals surface area contributed by atoms with Gasteiger partial charge in [0.05, 0.1) is 28.7 Å². The zero-order valence-electron chi connectivity index (χ0n) is 12.0. The first-order chi connectivity index (χ1) is 10.8. The van der Waals surface area contributed by atoms with Gasteiger partial charge in [0.2, 0.25) is 5.69 Å². The Labute approximate surface area is 128 Å². The first-order valence-corrected chi connectivity index (χ1v) is 6.14. The Morgan fingerprint density at radius 1 is 1.26 bits per heavy atom. The van der Waals surface area contributed by atoms with E-state index in [0.29, 0.717) is 0 Å². The van der Waals surface area contributed by atoms with Crippen LogP contribution in [0.4, 0.5) is 17.1 Å². The summed E-state index contributed by atoms with van der Waals surface area (Å²) in [6.07, 6.45) is 1.09. The van der Waals surface area contributed by atoms with Crippen LogP contribution < -0.4 is 10.1 Å². The number of aromatic nitrogens is 2. The van der Waals surface area contributed by atoms with Crippen LogP contribution in [0.5, 0.6) is 5.75 Å². The van der Waals surface area contributed by atoms with E-state index in [1.807, 2.05) is 0 Å². The summed E-state index contributed by atoms with van der Waals surface area (Å²) < 4.78 is 6.04. The quantitative estimate of drug-likeness (QED) is 0.649. The number of aryl methyl sites for hydroxylation is 1. The van der Waals surface area contributed by atoms with Crippen molar-refractivity contribution in [1.29, 1.82) is 0 Å². The minimum absolute atomic E-state index is 0.0565. The summed E-state index contributed by atoms with van der Waals surface area (Å²) in [5, 5.41) is 27.8. The zero-order valence-corrected chi connectivity index (χ0v) is 12.0. The third kappa shape index (κ3) is 3.40. The molecule has 1 heterocycles. The molecule has 0 aliphatic rings. The number of nitrogens with one attached hydrogen (secondary N) is 1. The second-order valence-corrected chi connectivity index (χ2v) is 4.42. The lowest BCUT2D eigenvalue weighted by molar-refractivity contribution is -0.385.